The van der Waals surface area contributed by atoms with Gasteiger partial charge >= 0.3 is 0 Å². The monoisotopic (exact) mass is 393 g/mol. The molecule has 0 spiro atoms. The first-order chi connectivity index (χ1) is 14.2. The third-order valence-electron chi connectivity index (χ3n) is 6.20. The van der Waals surface area contributed by atoms with Crippen molar-refractivity contribution in [3.05, 3.63) is 30.7 Å². The molecular formula is C21H27N7O. The number of aliphatic hydroxyl groups is 1. The Labute approximate surface area is 170 Å². The minimum atomic E-state index is -0.166. The van der Waals surface area contributed by atoms with E-state index in [-0.39, 0.29) is 6.10 Å². The van der Waals surface area contributed by atoms with Gasteiger partial charge in [0.05, 0.1) is 17.7 Å². The van der Waals surface area contributed by atoms with Crippen LogP contribution in [0.4, 0.5) is 5.82 Å². The summed E-state index contributed by atoms with van der Waals surface area (Å²) >= 11 is 0. The van der Waals surface area contributed by atoms with Gasteiger partial charge in [-0.2, -0.15) is 5.10 Å². The number of β-amino-alcohol motifs (C(OH)–C–C–N with tert-alkyl or cyclic N) is 1. The first-order valence-electron chi connectivity index (χ1n) is 10.5. The number of aliphatic hydroxyl groups excluding tert-OH is 1. The summed E-state index contributed by atoms with van der Waals surface area (Å²) in [6.45, 7) is 3.82. The molecule has 0 aromatic carbocycles. The Balaban J connectivity index is 1.42. The lowest BCUT2D eigenvalue weighted by Gasteiger charge is -2.41. The molecule has 0 radical (unpaired) electrons. The fourth-order valence-corrected chi connectivity index (χ4v) is 4.63. The van der Waals surface area contributed by atoms with Gasteiger partial charge in [0, 0.05) is 50.7 Å². The molecule has 8 heteroatoms. The molecule has 1 N–H and O–H groups in total. The summed E-state index contributed by atoms with van der Waals surface area (Å²) in [5.74, 6) is 1.64. The number of fused-ring (bicyclic) bond motifs is 1. The Morgan fingerprint density at radius 3 is 2.69 bits per heavy atom. The zero-order valence-electron chi connectivity index (χ0n) is 16.8. The summed E-state index contributed by atoms with van der Waals surface area (Å²) in [5.41, 5.74) is 1.75. The standard InChI is InChI=1S/C21H27N7O/c1-26-20-18(13-23-26)21(25-19(24-20)15-4-2-8-22-12-15)27-10-6-16(7-11-27)28-9-3-5-17(29)14-28/h2,4,8,12-13,16-17,29H,3,5-7,9-11,14H2,1H3/t17-/m0/s1. The van der Waals surface area contributed by atoms with E-state index in [1.54, 1.807) is 12.4 Å². The van der Waals surface area contributed by atoms with Crippen LogP contribution in [0.5, 0.6) is 0 Å². The van der Waals surface area contributed by atoms with E-state index in [0.29, 0.717) is 11.9 Å². The molecule has 2 aliphatic heterocycles. The van der Waals surface area contributed by atoms with E-state index in [1.165, 1.54) is 0 Å². The highest BCUT2D eigenvalue weighted by Crippen LogP contribution is 2.30. The quantitative estimate of drug-likeness (QED) is 0.727. The molecule has 0 aliphatic carbocycles. The van der Waals surface area contributed by atoms with Gasteiger partial charge in [-0.25, -0.2) is 9.97 Å². The first-order valence-corrected chi connectivity index (χ1v) is 10.5. The average molecular weight is 393 g/mol. The van der Waals surface area contributed by atoms with Crippen molar-refractivity contribution in [2.24, 2.45) is 7.05 Å². The predicted octanol–water partition coefficient (Wildman–Crippen LogP) is 1.85. The zero-order chi connectivity index (χ0) is 19.8. The van der Waals surface area contributed by atoms with Gasteiger partial charge < -0.3 is 10.0 Å². The Bertz CT molecular complexity index is 981. The minimum absolute atomic E-state index is 0.166. The van der Waals surface area contributed by atoms with Gasteiger partial charge in [-0.15, -0.1) is 0 Å². The van der Waals surface area contributed by atoms with Gasteiger partial charge in [0.15, 0.2) is 11.5 Å². The van der Waals surface area contributed by atoms with Crippen molar-refractivity contribution < 1.29 is 5.11 Å². The number of likely N-dealkylation sites (tertiary alicyclic amines) is 1. The number of rotatable bonds is 3. The highest BCUT2D eigenvalue weighted by Gasteiger charge is 2.29. The molecule has 2 fully saturated rings. The summed E-state index contributed by atoms with van der Waals surface area (Å²) < 4.78 is 1.81. The molecule has 2 aliphatic rings. The zero-order valence-corrected chi connectivity index (χ0v) is 16.8. The number of aromatic nitrogens is 5. The van der Waals surface area contributed by atoms with Crippen molar-refractivity contribution in [3.63, 3.8) is 0 Å². The van der Waals surface area contributed by atoms with E-state index in [4.69, 9.17) is 9.97 Å². The molecule has 3 aromatic heterocycles. The van der Waals surface area contributed by atoms with Crippen LogP contribution in [0.15, 0.2) is 30.7 Å². The minimum Gasteiger partial charge on any atom is -0.392 e. The number of pyridine rings is 1. The van der Waals surface area contributed by atoms with Crippen LogP contribution in [0.25, 0.3) is 22.4 Å². The normalized spacial score (nSPS) is 21.7. The molecular weight excluding hydrogens is 366 g/mol. The third-order valence-corrected chi connectivity index (χ3v) is 6.20. The second-order valence-corrected chi connectivity index (χ2v) is 8.13. The lowest BCUT2D eigenvalue weighted by molar-refractivity contribution is 0.0398. The van der Waals surface area contributed by atoms with Crippen LogP contribution < -0.4 is 4.90 Å². The summed E-state index contributed by atoms with van der Waals surface area (Å²) in [7, 11) is 1.92. The predicted molar refractivity (Wildman–Crippen MR) is 112 cm³/mol. The smallest absolute Gasteiger partial charge is 0.165 e. The Morgan fingerprint density at radius 1 is 1.07 bits per heavy atom. The van der Waals surface area contributed by atoms with E-state index < -0.39 is 0 Å². The van der Waals surface area contributed by atoms with E-state index >= 15 is 0 Å². The summed E-state index contributed by atoms with van der Waals surface area (Å²) in [5, 5.41) is 15.4. The van der Waals surface area contributed by atoms with Crippen LogP contribution in [0, 0.1) is 0 Å². The van der Waals surface area contributed by atoms with Gasteiger partial charge in [0.25, 0.3) is 0 Å². The summed E-state index contributed by atoms with van der Waals surface area (Å²) in [4.78, 5) is 18.7. The molecule has 29 heavy (non-hydrogen) atoms. The largest absolute Gasteiger partial charge is 0.392 e. The van der Waals surface area contributed by atoms with Gasteiger partial charge in [-0.3, -0.25) is 14.6 Å². The number of nitrogens with zero attached hydrogens (tertiary/aromatic N) is 7. The Hall–Kier alpha value is -2.58. The Morgan fingerprint density at radius 2 is 1.93 bits per heavy atom. The second-order valence-electron chi connectivity index (χ2n) is 8.13. The molecule has 0 saturated carbocycles. The van der Waals surface area contributed by atoms with E-state index in [0.717, 1.165) is 74.3 Å². The SMILES string of the molecule is Cn1ncc2c(N3CCC(N4CCC[C@H](O)C4)CC3)nc(-c3cccnc3)nc21. The van der Waals surface area contributed by atoms with Crippen molar-refractivity contribution in [1.82, 2.24) is 29.6 Å². The van der Waals surface area contributed by atoms with Crippen molar-refractivity contribution in [3.8, 4) is 11.4 Å². The Kier molecular flexibility index (Phi) is 4.89. The molecule has 3 aromatic rings. The molecule has 0 amide bonds. The number of piperidine rings is 2. The number of aryl methyl sites for hydroxylation is 1. The van der Waals surface area contributed by atoms with Crippen LogP contribution in [-0.4, -0.2) is 73.1 Å². The van der Waals surface area contributed by atoms with Gasteiger partial charge in [0.2, 0.25) is 0 Å². The van der Waals surface area contributed by atoms with E-state index in [2.05, 4.69) is 19.9 Å². The maximum absolute atomic E-state index is 10.0. The highest BCUT2D eigenvalue weighted by molar-refractivity contribution is 5.88. The van der Waals surface area contributed by atoms with Crippen molar-refractivity contribution in [2.45, 2.75) is 37.8 Å². The van der Waals surface area contributed by atoms with Crippen LogP contribution in [0.2, 0.25) is 0 Å². The van der Waals surface area contributed by atoms with Gasteiger partial charge in [-0.1, -0.05) is 0 Å². The summed E-state index contributed by atoms with van der Waals surface area (Å²) in [6, 6.07) is 4.44. The van der Waals surface area contributed by atoms with Crippen molar-refractivity contribution in [2.75, 3.05) is 31.1 Å². The number of hydrogen-bond acceptors (Lipinski definition) is 7. The molecule has 5 heterocycles. The van der Waals surface area contributed by atoms with Crippen LogP contribution >= 0.6 is 0 Å². The second kappa shape index (κ2) is 7.68. The van der Waals surface area contributed by atoms with E-state index in [9.17, 15) is 5.11 Å². The lowest BCUT2D eigenvalue weighted by atomic mass is 9.99. The molecule has 152 valence electrons. The maximum atomic E-state index is 10.0. The topological polar surface area (TPSA) is 83.2 Å². The molecule has 8 nitrogen and oxygen atoms in total. The fraction of sp³-hybridized carbons (Fsp3) is 0.524. The van der Waals surface area contributed by atoms with E-state index in [1.807, 2.05) is 30.1 Å². The third kappa shape index (κ3) is 3.58. The first kappa shape index (κ1) is 18.4. The molecule has 0 bridgehead atoms. The van der Waals surface area contributed by atoms with Gasteiger partial charge in [0.1, 0.15) is 5.82 Å². The van der Waals surface area contributed by atoms with Gasteiger partial charge in [-0.05, 0) is 44.4 Å². The fourth-order valence-electron chi connectivity index (χ4n) is 4.63. The summed E-state index contributed by atoms with van der Waals surface area (Å²) in [6.07, 6.45) is 9.46. The lowest BCUT2D eigenvalue weighted by Crippen LogP contribution is -2.49. The van der Waals surface area contributed by atoms with Crippen molar-refractivity contribution in [1.29, 1.82) is 0 Å². The van der Waals surface area contributed by atoms with Crippen LogP contribution in [-0.2, 0) is 7.05 Å². The molecule has 1 atom stereocenters. The average Bonchev–Trinajstić information content (AvgIpc) is 3.15. The number of hydrogen-bond donors (Lipinski definition) is 1. The molecule has 0 unspecified atom stereocenters. The highest BCUT2D eigenvalue weighted by atomic mass is 16.3. The van der Waals surface area contributed by atoms with Crippen LogP contribution in [0.1, 0.15) is 25.7 Å². The maximum Gasteiger partial charge on any atom is 0.165 e. The van der Waals surface area contributed by atoms with Crippen LogP contribution in [0.3, 0.4) is 0 Å². The molecule has 2 saturated heterocycles. The number of anilines is 1. The van der Waals surface area contributed by atoms with Crippen molar-refractivity contribution >= 4 is 16.9 Å². The molecule has 5 rings (SSSR count).